The van der Waals surface area contributed by atoms with Gasteiger partial charge >= 0.3 is 12.1 Å². The third kappa shape index (κ3) is 59.7. The minimum atomic E-state index is -0.927. The first-order valence-corrected chi connectivity index (χ1v) is 42.8. The molecule has 22 heteroatoms. The van der Waals surface area contributed by atoms with Gasteiger partial charge in [0, 0.05) is 136 Å². The molecular weight excluding hydrogens is 1450 g/mol. The van der Waals surface area contributed by atoms with Crippen molar-refractivity contribution in [1.82, 2.24) is 16.0 Å². The normalized spacial score (nSPS) is 21.3. The molecule has 0 saturated heterocycles. The fourth-order valence-corrected chi connectivity index (χ4v) is 16.2. The van der Waals surface area contributed by atoms with Crippen LogP contribution in [0.3, 0.4) is 0 Å². The lowest BCUT2D eigenvalue weighted by atomic mass is 9.60. The van der Waals surface area contributed by atoms with E-state index in [2.05, 4.69) is 82.3 Å². The summed E-state index contributed by atoms with van der Waals surface area (Å²) in [4.78, 5) is 66.5. The van der Waals surface area contributed by atoms with Crippen molar-refractivity contribution in [2.45, 2.75) is 300 Å². The van der Waals surface area contributed by atoms with Gasteiger partial charge in [-0.1, -0.05) is 97.1 Å². The van der Waals surface area contributed by atoms with Crippen LogP contribution in [0.4, 0.5) is 4.79 Å². The van der Waals surface area contributed by atoms with E-state index in [0.717, 1.165) is 180 Å². The number of Topliss-reactive ketones (excluding diaryl/α,β-unsaturated/α-hetero) is 1. The summed E-state index contributed by atoms with van der Waals surface area (Å²) in [6, 6.07) is 0.823. The maximum absolute atomic E-state index is 11.3. The Kier molecular flexibility index (Phi) is 67.3. The van der Waals surface area contributed by atoms with Gasteiger partial charge in [-0.25, -0.2) is 4.79 Å². The van der Waals surface area contributed by atoms with Crippen molar-refractivity contribution in [2.75, 3.05) is 150 Å². The van der Waals surface area contributed by atoms with Crippen LogP contribution >= 0.6 is 0 Å². The first-order valence-electron chi connectivity index (χ1n) is 42.8. The van der Waals surface area contributed by atoms with Crippen LogP contribution in [0.5, 0.6) is 0 Å². The SMILES string of the molecule is C=CC(C/C=C\CC/C=C/COC)COC.CC(=O)CC1CC(C)(C)CC(C)(CNC(C)=O)C1.CC(=O)NC1CCC(CC2CCC(NC(C)=O)CC2)CC1.COCC(C)(COC)C(=O)O.COCC1=C(C)C(OC)CC(C)(C)C1.COCC1=C(COC)CCCC1.COCCCCCCCCOC(=O)OCCCCCCOC. The van der Waals surface area contributed by atoms with E-state index >= 15 is 0 Å². The topological polar surface area (TPSA) is 269 Å². The average molecular weight is 1620 g/mol. The van der Waals surface area contributed by atoms with Crippen LogP contribution in [-0.2, 0) is 80.8 Å². The van der Waals surface area contributed by atoms with Gasteiger partial charge in [-0.15, -0.1) is 6.58 Å². The van der Waals surface area contributed by atoms with Crippen LogP contribution in [0.15, 0.2) is 59.3 Å². The number of methoxy groups -OCH3 is 10. The third-order valence-electron chi connectivity index (χ3n) is 21.6. The molecule has 666 valence electrons. The Labute approximate surface area is 693 Å². The van der Waals surface area contributed by atoms with E-state index in [4.69, 9.17) is 61.9 Å². The predicted octanol–water partition coefficient (Wildman–Crippen LogP) is 18.7. The Hall–Kier alpha value is -4.88. The largest absolute Gasteiger partial charge is 0.508 e. The zero-order chi connectivity index (χ0) is 86.1. The lowest BCUT2D eigenvalue weighted by Crippen LogP contribution is -2.43. The molecule has 0 bridgehead atoms. The number of ketones is 1. The highest BCUT2D eigenvalue weighted by Crippen LogP contribution is 2.49. The van der Waals surface area contributed by atoms with Gasteiger partial charge in [-0.2, -0.15) is 0 Å². The van der Waals surface area contributed by atoms with Crippen LogP contribution in [0, 0.1) is 45.3 Å². The summed E-state index contributed by atoms with van der Waals surface area (Å²) in [7, 11) is 16.9. The molecule has 4 atom stereocenters. The monoisotopic (exact) mass is 1620 g/mol. The van der Waals surface area contributed by atoms with E-state index in [1.165, 1.54) is 114 Å². The van der Waals surface area contributed by atoms with E-state index in [1.807, 2.05) is 12.2 Å². The maximum Gasteiger partial charge on any atom is 0.508 e. The Balaban J connectivity index is 0. The Morgan fingerprint density at radius 1 is 0.526 bits per heavy atom. The molecule has 5 aliphatic rings. The van der Waals surface area contributed by atoms with Crippen LogP contribution in [-0.4, -0.2) is 209 Å². The first-order chi connectivity index (χ1) is 54.2. The van der Waals surface area contributed by atoms with Gasteiger partial charge in [0.25, 0.3) is 0 Å². The van der Waals surface area contributed by atoms with Gasteiger partial charge < -0.3 is 82.7 Å². The highest BCUT2D eigenvalue weighted by molar-refractivity contribution is 5.76. The molecule has 4 N–H and O–H groups in total. The van der Waals surface area contributed by atoms with Crippen molar-refractivity contribution >= 4 is 35.6 Å². The van der Waals surface area contributed by atoms with Gasteiger partial charge in [0.2, 0.25) is 17.7 Å². The number of nitrogens with one attached hydrogen (secondary N) is 3. The zero-order valence-electron chi connectivity index (χ0n) is 76.0. The summed E-state index contributed by atoms with van der Waals surface area (Å²) in [6.45, 7) is 32.7. The average Bonchev–Trinajstić information content (AvgIpc) is 0.770. The number of aliphatic carboxylic acids is 1. The first kappa shape index (κ1) is 111. The maximum atomic E-state index is 11.3. The lowest BCUT2D eigenvalue weighted by Gasteiger charge is -2.46. The highest BCUT2D eigenvalue weighted by Gasteiger charge is 2.42. The number of carboxylic acids is 1. The zero-order valence-corrected chi connectivity index (χ0v) is 76.0. The molecule has 0 radical (unpaired) electrons. The number of allylic oxidation sites excluding steroid dienone is 3. The van der Waals surface area contributed by atoms with E-state index < -0.39 is 17.5 Å². The van der Waals surface area contributed by atoms with Crippen LogP contribution in [0.25, 0.3) is 0 Å². The number of ether oxygens (including phenoxy) is 12. The molecule has 0 aromatic carbocycles. The summed E-state index contributed by atoms with van der Waals surface area (Å²) in [5, 5.41) is 17.8. The smallest absolute Gasteiger partial charge is 0.481 e. The molecule has 5 aliphatic carbocycles. The molecule has 3 saturated carbocycles. The minimum Gasteiger partial charge on any atom is -0.481 e. The molecule has 22 nitrogen and oxygen atoms in total. The quantitative estimate of drug-likeness (QED) is 0.0250. The second-order valence-electron chi connectivity index (χ2n) is 34.4. The Bertz CT molecular complexity index is 2570. The Morgan fingerprint density at radius 2 is 0.982 bits per heavy atom. The highest BCUT2D eigenvalue weighted by atomic mass is 16.7. The predicted molar refractivity (Wildman–Crippen MR) is 461 cm³/mol. The summed E-state index contributed by atoms with van der Waals surface area (Å²) >= 11 is 0. The fourth-order valence-electron chi connectivity index (χ4n) is 16.2. The summed E-state index contributed by atoms with van der Waals surface area (Å²) in [5.41, 5.74) is 5.50. The summed E-state index contributed by atoms with van der Waals surface area (Å²) < 4.78 is 60.6. The van der Waals surface area contributed by atoms with E-state index in [0.29, 0.717) is 55.6 Å². The fraction of sp³-hybridized carbons (Fsp3) is 0.826. The van der Waals surface area contributed by atoms with Gasteiger partial charge in [-0.3, -0.25) is 19.2 Å². The third-order valence-corrected chi connectivity index (χ3v) is 21.6. The molecule has 5 rings (SSSR count). The molecule has 0 spiro atoms. The van der Waals surface area contributed by atoms with Crippen LogP contribution in [0.2, 0.25) is 0 Å². The van der Waals surface area contributed by atoms with Gasteiger partial charge in [0.05, 0.1) is 65.6 Å². The number of amides is 3. The van der Waals surface area contributed by atoms with Crippen molar-refractivity contribution in [3.63, 3.8) is 0 Å². The van der Waals surface area contributed by atoms with Crippen LogP contribution in [0.1, 0.15) is 282 Å². The molecule has 4 unspecified atom stereocenters. The number of carbonyl (C=O) groups is 6. The number of unbranched alkanes of at least 4 members (excludes halogenated alkanes) is 9. The van der Waals surface area contributed by atoms with Crippen molar-refractivity contribution in [3.8, 4) is 0 Å². The summed E-state index contributed by atoms with van der Waals surface area (Å²) in [6.07, 6.45) is 46.5. The molecule has 3 amide bonds. The second-order valence-corrected chi connectivity index (χ2v) is 34.4. The molecule has 0 aromatic heterocycles. The minimum absolute atomic E-state index is 0.0303. The van der Waals surface area contributed by atoms with Gasteiger partial charge in [-0.05, 0) is 244 Å². The number of carboxylic acid groups (broad SMARTS) is 1. The van der Waals surface area contributed by atoms with Gasteiger partial charge in [0.15, 0.2) is 0 Å². The van der Waals surface area contributed by atoms with E-state index in [1.54, 1.807) is 91.5 Å². The number of carbonyl (C=O) groups excluding carboxylic acids is 5. The van der Waals surface area contributed by atoms with Gasteiger partial charge in [0.1, 0.15) is 11.2 Å². The van der Waals surface area contributed by atoms with E-state index in [9.17, 15) is 28.8 Å². The number of hydrogen-bond acceptors (Lipinski definition) is 18. The van der Waals surface area contributed by atoms with Crippen LogP contribution < -0.4 is 16.0 Å². The summed E-state index contributed by atoms with van der Waals surface area (Å²) in [5.74, 6) is 2.21. The Morgan fingerprint density at radius 3 is 1.38 bits per heavy atom. The number of hydrogen-bond donors (Lipinski definition) is 4. The van der Waals surface area contributed by atoms with Crippen molar-refractivity contribution in [2.24, 2.45) is 45.3 Å². The standard InChI is InChI=1S/C17H30N2O2.C17H34O5.C15H27NO2.C14H24O2.C12H22O2.C10H18O2.C7H14O4/c1-12(20)18-16-7-3-14(4-8-16)11-15-5-9-17(10-6-15)19-13(2)21;1-19-13-9-5-3-4-6-11-15-21-17(18)22-16-12-8-7-10-14-20-2;1-11(17)6-13-7-14(3,4)9-15(5,8-13)10-16-12(2)18;1-4-14(13-16-3)11-9-7-5-6-8-10-12-15-2;1-9-10(8-13-4)6-12(2,3)7-11(9)14-5;1-11-7-9-5-3-4-6-10(9)8-12-2;1-7(4-10-2,5-11-3)6(8)9/h14-17H,3-11H2,1-2H3,(H,18,20)(H,19,21);3-16H2,1-2H3;13H,6-10H2,1-5H3,(H,16,18);4,7-10,14H,1,5-6,11-13H2,2-3H3;11H,6-8H2,1-5H3;3-8H2,1-2H3;4-5H2,1-3H3,(H,8,9)/b;;;9-7-,10-8+;;;. The molecule has 114 heavy (non-hydrogen) atoms. The molecule has 0 aromatic rings. The van der Waals surface area contributed by atoms with Crippen molar-refractivity contribution < 1.29 is 90.7 Å². The van der Waals surface area contributed by atoms with Crippen molar-refractivity contribution in [1.29, 1.82) is 0 Å². The molecule has 3 fully saturated rings. The molecular formula is C92H169N3O19. The lowest BCUT2D eigenvalue weighted by molar-refractivity contribution is -0.154. The second kappa shape index (κ2) is 69.0. The molecule has 0 heterocycles. The molecule has 0 aliphatic heterocycles. The van der Waals surface area contributed by atoms with Crippen molar-refractivity contribution in [3.05, 3.63) is 59.3 Å². The van der Waals surface area contributed by atoms with E-state index in [-0.39, 0.29) is 53.7 Å². The number of rotatable bonds is 46.